The van der Waals surface area contributed by atoms with Gasteiger partial charge >= 0.3 is 0 Å². The minimum Gasteiger partial charge on any atom is -0.508 e. The van der Waals surface area contributed by atoms with Crippen molar-refractivity contribution in [2.24, 2.45) is 0 Å². The van der Waals surface area contributed by atoms with Crippen molar-refractivity contribution in [2.45, 2.75) is 84.5 Å². The molecule has 2 heteroatoms. The molecule has 0 aliphatic rings. The lowest BCUT2D eigenvalue weighted by Crippen LogP contribution is -1.95. The largest absolute Gasteiger partial charge is 0.508 e. The van der Waals surface area contributed by atoms with Crippen molar-refractivity contribution in [3.8, 4) is 11.5 Å². The zero-order valence-corrected chi connectivity index (χ0v) is 17.1. The number of benzene rings is 2. The Morgan fingerprint density at radius 1 is 0.593 bits per heavy atom. The SMILES string of the molecule is CCCCCCc1cc(Cc2ccc(O)c(CCCCCC)c2)ccc1O. The molecule has 0 bridgehead atoms. The third kappa shape index (κ3) is 7.28. The van der Waals surface area contributed by atoms with Gasteiger partial charge in [-0.05, 0) is 66.5 Å². The van der Waals surface area contributed by atoms with Crippen LogP contribution < -0.4 is 0 Å². The molecule has 27 heavy (non-hydrogen) atoms. The maximum absolute atomic E-state index is 10.1. The minimum atomic E-state index is 0.414. The summed E-state index contributed by atoms with van der Waals surface area (Å²) in [4.78, 5) is 0. The van der Waals surface area contributed by atoms with Gasteiger partial charge in [-0.25, -0.2) is 0 Å². The molecule has 0 spiro atoms. The molecule has 0 aliphatic carbocycles. The summed E-state index contributed by atoms with van der Waals surface area (Å²) >= 11 is 0. The number of phenolic OH excluding ortho intramolecular Hbond substituents is 2. The van der Waals surface area contributed by atoms with E-state index in [-0.39, 0.29) is 0 Å². The Balaban J connectivity index is 2.01. The topological polar surface area (TPSA) is 40.5 Å². The van der Waals surface area contributed by atoms with Gasteiger partial charge in [0.15, 0.2) is 0 Å². The van der Waals surface area contributed by atoms with Crippen LogP contribution in [0, 0.1) is 0 Å². The molecular weight excluding hydrogens is 332 g/mol. The summed E-state index contributed by atoms with van der Waals surface area (Å²) in [6.07, 6.45) is 12.4. The molecular formula is C25H36O2. The fourth-order valence-electron chi connectivity index (χ4n) is 3.62. The number of aryl methyl sites for hydroxylation is 2. The fraction of sp³-hybridized carbons (Fsp3) is 0.520. The van der Waals surface area contributed by atoms with Gasteiger partial charge in [-0.1, -0.05) is 76.6 Å². The molecule has 0 aromatic heterocycles. The molecule has 0 aliphatic heterocycles. The molecule has 0 amide bonds. The van der Waals surface area contributed by atoms with Crippen LogP contribution in [-0.4, -0.2) is 10.2 Å². The van der Waals surface area contributed by atoms with E-state index in [1.807, 2.05) is 24.3 Å². The van der Waals surface area contributed by atoms with Crippen LogP contribution in [0.4, 0.5) is 0 Å². The van der Waals surface area contributed by atoms with Crippen LogP contribution in [0.3, 0.4) is 0 Å². The van der Waals surface area contributed by atoms with Crippen LogP contribution >= 0.6 is 0 Å². The van der Waals surface area contributed by atoms with Crippen LogP contribution in [0.25, 0.3) is 0 Å². The van der Waals surface area contributed by atoms with Gasteiger partial charge in [0.1, 0.15) is 11.5 Å². The van der Waals surface area contributed by atoms with E-state index in [2.05, 4.69) is 26.0 Å². The second-order valence-corrected chi connectivity index (χ2v) is 7.72. The maximum atomic E-state index is 10.1. The van der Waals surface area contributed by atoms with E-state index in [1.54, 1.807) is 0 Å². The molecule has 2 rings (SSSR count). The maximum Gasteiger partial charge on any atom is 0.118 e. The van der Waals surface area contributed by atoms with E-state index in [0.29, 0.717) is 11.5 Å². The third-order valence-corrected chi connectivity index (χ3v) is 5.30. The summed E-state index contributed by atoms with van der Waals surface area (Å²) < 4.78 is 0. The Labute approximate surface area is 165 Å². The van der Waals surface area contributed by atoms with Gasteiger partial charge in [-0.3, -0.25) is 0 Å². The van der Waals surface area contributed by atoms with Crippen LogP contribution in [0.1, 0.15) is 87.5 Å². The Morgan fingerprint density at radius 3 is 1.44 bits per heavy atom. The average molecular weight is 369 g/mol. The fourth-order valence-corrected chi connectivity index (χ4v) is 3.62. The highest BCUT2D eigenvalue weighted by molar-refractivity contribution is 5.41. The van der Waals surface area contributed by atoms with Crippen molar-refractivity contribution in [1.29, 1.82) is 0 Å². The summed E-state index contributed by atoms with van der Waals surface area (Å²) in [5.74, 6) is 0.829. The van der Waals surface area contributed by atoms with Gasteiger partial charge in [0.2, 0.25) is 0 Å². The number of unbranched alkanes of at least 4 members (excludes halogenated alkanes) is 6. The van der Waals surface area contributed by atoms with Crippen molar-refractivity contribution < 1.29 is 10.2 Å². The first-order valence-electron chi connectivity index (χ1n) is 10.8. The van der Waals surface area contributed by atoms with E-state index in [0.717, 1.165) is 43.2 Å². The molecule has 0 unspecified atom stereocenters. The quantitative estimate of drug-likeness (QED) is 0.399. The first kappa shape index (κ1) is 21.3. The van der Waals surface area contributed by atoms with E-state index in [4.69, 9.17) is 0 Å². The Morgan fingerprint density at radius 2 is 1.04 bits per heavy atom. The second kappa shape index (κ2) is 11.7. The number of hydrogen-bond acceptors (Lipinski definition) is 2. The molecule has 2 N–H and O–H groups in total. The Hall–Kier alpha value is -1.96. The van der Waals surface area contributed by atoms with Gasteiger partial charge < -0.3 is 10.2 Å². The molecule has 2 nitrogen and oxygen atoms in total. The molecule has 0 radical (unpaired) electrons. The highest BCUT2D eigenvalue weighted by Crippen LogP contribution is 2.25. The molecule has 2 aromatic carbocycles. The summed E-state index contributed by atoms with van der Waals surface area (Å²) in [6.45, 7) is 4.43. The van der Waals surface area contributed by atoms with Crippen molar-refractivity contribution in [1.82, 2.24) is 0 Å². The average Bonchev–Trinajstić information content (AvgIpc) is 2.67. The minimum absolute atomic E-state index is 0.414. The summed E-state index contributed by atoms with van der Waals surface area (Å²) in [7, 11) is 0. The monoisotopic (exact) mass is 368 g/mol. The van der Waals surface area contributed by atoms with Gasteiger partial charge in [0.25, 0.3) is 0 Å². The van der Waals surface area contributed by atoms with Crippen molar-refractivity contribution in [3.63, 3.8) is 0 Å². The van der Waals surface area contributed by atoms with E-state index >= 15 is 0 Å². The Bertz CT molecular complexity index is 631. The standard InChI is InChI=1S/C25H36O2/c1-3-5-7-9-11-22-18-20(13-15-24(22)26)17-21-14-16-25(27)23(19-21)12-10-8-6-4-2/h13-16,18-19,26-27H,3-12,17H2,1-2H3. The molecule has 0 saturated heterocycles. The zero-order chi connectivity index (χ0) is 19.5. The predicted molar refractivity (Wildman–Crippen MR) is 115 cm³/mol. The highest BCUT2D eigenvalue weighted by atomic mass is 16.3. The molecule has 2 aromatic rings. The third-order valence-electron chi connectivity index (χ3n) is 5.30. The van der Waals surface area contributed by atoms with Gasteiger partial charge in [-0.2, -0.15) is 0 Å². The highest BCUT2D eigenvalue weighted by Gasteiger charge is 2.07. The molecule has 0 atom stereocenters. The number of phenols is 2. The molecule has 0 saturated carbocycles. The first-order valence-corrected chi connectivity index (χ1v) is 10.8. The van der Waals surface area contributed by atoms with Crippen LogP contribution in [0.2, 0.25) is 0 Å². The van der Waals surface area contributed by atoms with Crippen molar-refractivity contribution in [2.75, 3.05) is 0 Å². The summed E-state index contributed by atoms with van der Waals surface area (Å²) in [5, 5.41) is 20.3. The zero-order valence-electron chi connectivity index (χ0n) is 17.1. The first-order chi connectivity index (χ1) is 13.1. The molecule has 0 heterocycles. The number of aromatic hydroxyl groups is 2. The van der Waals surface area contributed by atoms with Gasteiger partial charge in [0, 0.05) is 0 Å². The lowest BCUT2D eigenvalue weighted by atomic mass is 9.97. The predicted octanol–water partition coefficient (Wildman–Crippen LogP) is 6.93. The van der Waals surface area contributed by atoms with E-state index in [9.17, 15) is 10.2 Å². The second-order valence-electron chi connectivity index (χ2n) is 7.72. The smallest absolute Gasteiger partial charge is 0.118 e. The Kier molecular flexibility index (Phi) is 9.24. The van der Waals surface area contributed by atoms with Crippen LogP contribution in [0.5, 0.6) is 11.5 Å². The van der Waals surface area contributed by atoms with Crippen molar-refractivity contribution >= 4 is 0 Å². The lowest BCUT2D eigenvalue weighted by Gasteiger charge is -2.10. The normalized spacial score (nSPS) is 11.0. The van der Waals surface area contributed by atoms with E-state index in [1.165, 1.54) is 49.7 Å². The van der Waals surface area contributed by atoms with E-state index < -0.39 is 0 Å². The van der Waals surface area contributed by atoms with Gasteiger partial charge in [0.05, 0.1) is 0 Å². The summed E-state index contributed by atoms with van der Waals surface area (Å²) in [6, 6.07) is 12.0. The number of hydrogen-bond donors (Lipinski definition) is 2. The van der Waals surface area contributed by atoms with Crippen LogP contribution in [-0.2, 0) is 19.3 Å². The van der Waals surface area contributed by atoms with Crippen LogP contribution in [0.15, 0.2) is 36.4 Å². The van der Waals surface area contributed by atoms with Crippen molar-refractivity contribution in [3.05, 3.63) is 58.7 Å². The molecule has 148 valence electrons. The number of rotatable bonds is 12. The lowest BCUT2D eigenvalue weighted by molar-refractivity contribution is 0.466. The van der Waals surface area contributed by atoms with Gasteiger partial charge in [-0.15, -0.1) is 0 Å². The molecule has 0 fully saturated rings. The summed E-state index contributed by atoms with van der Waals surface area (Å²) in [5.41, 5.74) is 4.56.